The molecule has 266 valence electrons. The Bertz CT molecular complexity index is 1650. The van der Waals surface area contributed by atoms with Gasteiger partial charge in [-0.3, -0.25) is 23.5 Å². The summed E-state index contributed by atoms with van der Waals surface area (Å²) in [5.74, 6) is -5.06. The van der Waals surface area contributed by atoms with Gasteiger partial charge in [-0.25, -0.2) is 4.79 Å². The van der Waals surface area contributed by atoms with Crippen LogP contribution < -0.4 is 30.1 Å². The van der Waals surface area contributed by atoms with Crippen molar-refractivity contribution >= 4 is 44.5 Å². The van der Waals surface area contributed by atoms with Gasteiger partial charge in [-0.1, -0.05) is 44.5 Å². The Labute approximate surface area is 276 Å². The molecule has 9 N–H and O–H groups in total. The monoisotopic (exact) mass is 718 g/mol. The van der Waals surface area contributed by atoms with Crippen LogP contribution in [0.2, 0.25) is 0 Å². The highest BCUT2D eigenvalue weighted by Crippen LogP contribution is 2.17. The minimum Gasteiger partial charge on any atom is -0.480 e. The molecule has 6 atom stereocenters. The van der Waals surface area contributed by atoms with Crippen LogP contribution in [0.1, 0.15) is 38.3 Å². The number of hydrogen-bond acceptors (Lipinski definition) is 12. The summed E-state index contributed by atoms with van der Waals surface area (Å²) >= 11 is 0. The molecule has 0 saturated heterocycles. The third-order valence-electron chi connectivity index (χ3n) is 6.95. The molecule has 2 aromatic rings. The zero-order chi connectivity index (χ0) is 36.4. The summed E-state index contributed by atoms with van der Waals surface area (Å²) in [6.07, 6.45) is -1.45. The van der Waals surface area contributed by atoms with Crippen LogP contribution in [0, 0.1) is 5.92 Å². The molecule has 20 heteroatoms. The number of aliphatic hydroxyl groups excluding tert-OH is 1. The van der Waals surface area contributed by atoms with Crippen molar-refractivity contribution in [2.24, 2.45) is 11.7 Å². The first kappa shape index (κ1) is 39.8. The van der Waals surface area contributed by atoms with Gasteiger partial charge in [-0.2, -0.15) is 16.8 Å². The van der Waals surface area contributed by atoms with Gasteiger partial charge in [0, 0.05) is 6.42 Å². The van der Waals surface area contributed by atoms with Gasteiger partial charge < -0.3 is 40.3 Å². The van der Waals surface area contributed by atoms with Gasteiger partial charge in [0.15, 0.2) is 6.04 Å². The van der Waals surface area contributed by atoms with E-state index in [1.807, 2.05) is 0 Å². The van der Waals surface area contributed by atoms with E-state index >= 15 is 0 Å². The van der Waals surface area contributed by atoms with E-state index in [2.05, 4.69) is 24.3 Å². The van der Waals surface area contributed by atoms with Gasteiger partial charge in [0.05, 0.1) is 12.1 Å². The summed E-state index contributed by atoms with van der Waals surface area (Å²) in [6, 6.07) is 4.63. The van der Waals surface area contributed by atoms with E-state index in [1.165, 1.54) is 36.4 Å². The van der Waals surface area contributed by atoms with Crippen molar-refractivity contribution in [1.82, 2.24) is 16.0 Å². The van der Waals surface area contributed by atoms with Crippen LogP contribution in [0.25, 0.3) is 0 Å². The second-order valence-corrected chi connectivity index (χ2v) is 12.9. The molecule has 0 aliphatic heterocycles. The van der Waals surface area contributed by atoms with Crippen LogP contribution in [0.5, 0.6) is 11.5 Å². The lowest BCUT2D eigenvalue weighted by molar-refractivity contribution is -0.145. The van der Waals surface area contributed by atoms with Crippen molar-refractivity contribution in [3.8, 4) is 11.5 Å². The Morgan fingerprint density at radius 3 is 1.56 bits per heavy atom. The number of carbonyl (C=O) groups excluding carboxylic acids is 3. The predicted molar refractivity (Wildman–Crippen MR) is 167 cm³/mol. The Morgan fingerprint density at radius 1 is 0.729 bits per heavy atom. The highest BCUT2D eigenvalue weighted by molar-refractivity contribution is 7.81. The third-order valence-corrected chi connectivity index (χ3v) is 7.76. The number of nitrogens with one attached hydrogen (secondary N) is 3. The molecule has 0 heterocycles. The molecule has 0 fully saturated rings. The van der Waals surface area contributed by atoms with E-state index in [9.17, 15) is 46.2 Å². The molecule has 0 unspecified atom stereocenters. The largest absolute Gasteiger partial charge is 0.480 e. The lowest BCUT2D eigenvalue weighted by Gasteiger charge is -2.28. The average molecular weight is 719 g/mol. The number of nitrogens with two attached hydrogens (primary N) is 1. The fourth-order valence-corrected chi connectivity index (χ4v) is 4.97. The van der Waals surface area contributed by atoms with Gasteiger partial charge in [0.2, 0.25) is 17.7 Å². The topological polar surface area (TPSA) is 298 Å². The first-order valence-electron chi connectivity index (χ1n) is 14.3. The first-order valence-corrected chi connectivity index (χ1v) is 17.0. The van der Waals surface area contributed by atoms with E-state index in [0.29, 0.717) is 17.5 Å². The Kier molecular flexibility index (Phi) is 14.3. The van der Waals surface area contributed by atoms with E-state index in [4.69, 9.17) is 14.8 Å². The molecule has 0 spiro atoms. The lowest BCUT2D eigenvalue weighted by atomic mass is 9.96. The fraction of sp³-hybridized carbons (Fsp3) is 0.429. The SMILES string of the molecule is CC[C@H](C)[C@H](NC(=O)[C@@H](N)Cc1ccc(OS(=O)(=O)O)cc1)C(=O)N[C@@H](Cc1ccc(OS(=O)(=O)O)cc1)C(=O)N[C@H](C(=O)O)[C@@H](C)O. The number of carboxylic acid groups (broad SMARTS) is 1. The number of amides is 3. The highest BCUT2D eigenvalue weighted by Gasteiger charge is 2.33. The maximum atomic E-state index is 13.6. The number of benzene rings is 2. The third kappa shape index (κ3) is 13.4. The molecule has 3 amide bonds. The van der Waals surface area contributed by atoms with Crippen LogP contribution in [-0.4, -0.2) is 90.1 Å². The summed E-state index contributed by atoms with van der Waals surface area (Å²) in [4.78, 5) is 51.5. The van der Waals surface area contributed by atoms with Crippen molar-refractivity contribution in [1.29, 1.82) is 0 Å². The standard InChI is InChI=1S/C28H38N4O14S2/c1-4-15(2)23(31-25(34)21(29)13-17-5-9-19(10-6-17)45-47(39,40)41)27(36)30-22(26(35)32-24(16(3)33)28(37)38)14-18-7-11-20(12-8-18)46-48(42,43)44/h5-12,15-16,21-24,33H,4,13-14,29H2,1-3H3,(H,30,36)(H,31,34)(H,32,35)(H,37,38)(H,39,40,41)(H,42,43,44)/t15-,16+,21-,22-,23-,24-/m0/s1. The van der Waals surface area contributed by atoms with E-state index in [1.54, 1.807) is 13.8 Å². The second-order valence-electron chi connectivity index (χ2n) is 10.8. The Balaban J connectivity index is 2.27. The normalized spacial score (nSPS) is 15.5. The molecule has 0 aromatic heterocycles. The van der Waals surface area contributed by atoms with Crippen molar-refractivity contribution < 1.29 is 63.7 Å². The zero-order valence-electron chi connectivity index (χ0n) is 26.0. The molecule has 0 saturated carbocycles. The summed E-state index contributed by atoms with van der Waals surface area (Å²) in [6.45, 7) is 4.54. The second kappa shape index (κ2) is 17.2. The molecule has 2 aromatic carbocycles. The van der Waals surface area contributed by atoms with Crippen LogP contribution in [0.15, 0.2) is 48.5 Å². The molecule has 0 bridgehead atoms. The van der Waals surface area contributed by atoms with Gasteiger partial charge in [-0.05, 0) is 54.7 Å². The quantitative estimate of drug-likeness (QED) is 0.0869. The minimum atomic E-state index is -4.81. The molecule has 0 radical (unpaired) electrons. The lowest BCUT2D eigenvalue weighted by Crippen LogP contribution is -2.60. The van der Waals surface area contributed by atoms with Crippen LogP contribution in [-0.2, 0) is 52.8 Å². The molecule has 48 heavy (non-hydrogen) atoms. The number of carbonyl (C=O) groups is 4. The van der Waals surface area contributed by atoms with E-state index in [0.717, 1.165) is 19.1 Å². The van der Waals surface area contributed by atoms with Crippen LogP contribution in [0.3, 0.4) is 0 Å². The summed E-state index contributed by atoms with van der Waals surface area (Å²) < 4.78 is 70.1. The maximum Gasteiger partial charge on any atom is 0.446 e. The molecule has 18 nitrogen and oxygen atoms in total. The van der Waals surface area contributed by atoms with Crippen molar-refractivity contribution in [3.05, 3.63) is 59.7 Å². The number of carboxylic acids is 1. The summed E-state index contributed by atoms with van der Waals surface area (Å²) in [5.41, 5.74) is 6.90. The van der Waals surface area contributed by atoms with Crippen LogP contribution in [0.4, 0.5) is 0 Å². The van der Waals surface area contributed by atoms with E-state index < -0.39 is 80.7 Å². The van der Waals surface area contributed by atoms with Gasteiger partial charge in [-0.15, -0.1) is 0 Å². The molecule has 0 aliphatic rings. The number of hydrogen-bond donors (Lipinski definition) is 8. The zero-order valence-corrected chi connectivity index (χ0v) is 27.6. The smallest absolute Gasteiger partial charge is 0.446 e. The molecule has 2 rings (SSSR count). The molecular weight excluding hydrogens is 680 g/mol. The highest BCUT2D eigenvalue weighted by atomic mass is 32.3. The summed E-state index contributed by atoms with van der Waals surface area (Å²) in [5, 5.41) is 26.5. The number of rotatable bonds is 18. The average Bonchev–Trinajstić information content (AvgIpc) is 2.97. The van der Waals surface area contributed by atoms with Gasteiger partial charge in [0.1, 0.15) is 23.6 Å². The fourth-order valence-electron chi connectivity index (χ4n) is 4.26. The van der Waals surface area contributed by atoms with E-state index in [-0.39, 0.29) is 24.3 Å². The minimum absolute atomic E-state index is 0.0505. The number of aliphatic hydroxyl groups is 1. The Hall–Kier alpha value is -4.34. The Morgan fingerprint density at radius 2 is 1.17 bits per heavy atom. The van der Waals surface area contributed by atoms with Crippen molar-refractivity contribution in [3.63, 3.8) is 0 Å². The maximum absolute atomic E-state index is 13.6. The molecule has 0 aliphatic carbocycles. The summed E-state index contributed by atoms with van der Waals surface area (Å²) in [7, 11) is -9.55. The van der Waals surface area contributed by atoms with Gasteiger partial charge >= 0.3 is 26.8 Å². The van der Waals surface area contributed by atoms with Crippen LogP contribution >= 0.6 is 0 Å². The van der Waals surface area contributed by atoms with Gasteiger partial charge in [0.25, 0.3) is 0 Å². The van der Waals surface area contributed by atoms with Crippen molar-refractivity contribution in [2.45, 2.75) is 70.3 Å². The predicted octanol–water partition coefficient (Wildman–Crippen LogP) is -0.872. The molecular formula is C28H38N4O14S2. The first-order chi connectivity index (χ1) is 22.2. The number of aliphatic carboxylic acids is 1. The van der Waals surface area contributed by atoms with Crippen molar-refractivity contribution in [2.75, 3.05) is 0 Å².